The largest absolute Gasteiger partial charge is 0.343 e. The molecular weight excluding hydrogens is 479 g/mol. The van der Waals surface area contributed by atoms with E-state index in [2.05, 4.69) is 10.3 Å². The highest BCUT2D eigenvalue weighted by Gasteiger charge is 2.40. The third kappa shape index (κ3) is 5.83. The number of halogens is 1. The maximum Gasteiger partial charge on any atom is 0.246 e. The summed E-state index contributed by atoms with van der Waals surface area (Å²) in [6.45, 7) is 2.44. The molecule has 1 N–H and O–H groups in total. The van der Waals surface area contributed by atoms with Gasteiger partial charge >= 0.3 is 0 Å². The number of nitrogens with one attached hydrogen (secondary N) is 1. The van der Waals surface area contributed by atoms with E-state index in [1.165, 1.54) is 35.6 Å². The third-order valence-electron chi connectivity index (χ3n) is 7.52. The van der Waals surface area contributed by atoms with Crippen molar-refractivity contribution in [1.29, 1.82) is 0 Å². The molecule has 1 aliphatic carbocycles. The second kappa shape index (κ2) is 11.6. The molecular formula is C27H35FN4O3S. The van der Waals surface area contributed by atoms with Crippen LogP contribution in [-0.4, -0.2) is 65.1 Å². The van der Waals surface area contributed by atoms with E-state index in [1.807, 2.05) is 30.8 Å². The van der Waals surface area contributed by atoms with E-state index in [0.29, 0.717) is 17.8 Å². The first-order valence-corrected chi connectivity index (χ1v) is 13.7. The minimum Gasteiger partial charge on any atom is -0.343 e. The Morgan fingerprint density at radius 1 is 1.08 bits per heavy atom. The number of carbonyl (C=O) groups is 3. The van der Waals surface area contributed by atoms with E-state index in [9.17, 15) is 18.8 Å². The van der Waals surface area contributed by atoms with Crippen LogP contribution >= 0.6 is 11.3 Å². The molecule has 1 aromatic heterocycles. The van der Waals surface area contributed by atoms with E-state index in [1.54, 1.807) is 5.38 Å². The summed E-state index contributed by atoms with van der Waals surface area (Å²) in [6, 6.07) is 4.32. The highest BCUT2D eigenvalue weighted by atomic mass is 32.1. The monoisotopic (exact) mass is 514 g/mol. The van der Waals surface area contributed by atoms with Crippen molar-refractivity contribution in [3.05, 3.63) is 51.7 Å². The van der Waals surface area contributed by atoms with Crippen molar-refractivity contribution in [3.63, 3.8) is 0 Å². The maximum atomic E-state index is 13.9. The summed E-state index contributed by atoms with van der Waals surface area (Å²) in [7, 11) is 3.71. The first-order valence-electron chi connectivity index (χ1n) is 12.8. The molecule has 2 amide bonds. The van der Waals surface area contributed by atoms with Gasteiger partial charge in [-0.2, -0.15) is 0 Å². The van der Waals surface area contributed by atoms with Gasteiger partial charge in [0.05, 0.1) is 12.1 Å². The number of benzene rings is 1. The third-order valence-corrected chi connectivity index (χ3v) is 8.47. The van der Waals surface area contributed by atoms with Gasteiger partial charge < -0.3 is 10.2 Å². The average molecular weight is 515 g/mol. The Morgan fingerprint density at radius 2 is 1.78 bits per heavy atom. The van der Waals surface area contributed by atoms with Gasteiger partial charge in [-0.25, -0.2) is 9.37 Å². The molecule has 1 aromatic carbocycles. The van der Waals surface area contributed by atoms with Crippen molar-refractivity contribution in [2.75, 3.05) is 20.6 Å². The fraction of sp³-hybridized carbons (Fsp3) is 0.556. The molecule has 2 fully saturated rings. The van der Waals surface area contributed by atoms with Gasteiger partial charge in [-0.15, -0.1) is 11.3 Å². The molecule has 9 heteroatoms. The van der Waals surface area contributed by atoms with Crippen LogP contribution in [0.15, 0.2) is 29.6 Å². The summed E-state index contributed by atoms with van der Waals surface area (Å²) >= 11 is 1.37. The first-order chi connectivity index (χ1) is 17.3. The van der Waals surface area contributed by atoms with Crippen LogP contribution in [0.2, 0.25) is 0 Å². The van der Waals surface area contributed by atoms with Crippen LogP contribution < -0.4 is 5.32 Å². The van der Waals surface area contributed by atoms with E-state index >= 15 is 0 Å². The lowest BCUT2D eigenvalue weighted by molar-refractivity contribution is -0.140. The predicted molar refractivity (Wildman–Crippen MR) is 137 cm³/mol. The predicted octanol–water partition coefficient (Wildman–Crippen LogP) is 4.19. The van der Waals surface area contributed by atoms with Crippen molar-refractivity contribution in [2.24, 2.45) is 5.92 Å². The van der Waals surface area contributed by atoms with Gasteiger partial charge in [0, 0.05) is 17.5 Å². The number of amides is 2. The van der Waals surface area contributed by atoms with Gasteiger partial charge in [0.25, 0.3) is 0 Å². The standard InChI is InChI=1S/C27H35FN4O3S/c1-17(31(2)3)25(34)30-23(18-8-5-4-6-9-18)27(35)32-15-7-10-22(32)26-29-21(16-36-26)24(33)19-11-13-20(28)14-12-19/h11-14,16-18,22-23H,4-10,15H2,1-3H3,(H,30,34)/t17-,22?,23?/m0/s1. The number of rotatable bonds is 8. The number of likely N-dealkylation sites (tertiary alicyclic amines) is 1. The molecule has 3 atom stereocenters. The van der Waals surface area contributed by atoms with Gasteiger partial charge in [-0.3, -0.25) is 19.3 Å². The second-order valence-corrected chi connectivity index (χ2v) is 11.0. The Labute approximate surface area is 216 Å². The molecule has 2 aliphatic rings. The zero-order valence-electron chi connectivity index (χ0n) is 21.2. The van der Waals surface area contributed by atoms with Crippen LogP contribution in [0.25, 0.3) is 0 Å². The SMILES string of the molecule is C[C@@H](C(=O)NC(C(=O)N1CCCC1c1nc(C(=O)c2ccc(F)cc2)cs1)C1CCCCC1)N(C)C. The van der Waals surface area contributed by atoms with Gasteiger partial charge in [0.1, 0.15) is 22.6 Å². The molecule has 2 aromatic rings. The number of nitrogens with zero attached hydrogens (tertiary/aromatic N) is 3. The van der Waals surface area contributed by atoms with Gasteiger partial charge in [0.15, 0.2) is 0 Å². The summed E-state index contributed by atoms with van der Waals surface area (Å²) in [5, 5.41) is 5.53. The molecule has 2 heterocycles. The van der Waals surface area contributed by atoms with Crippen LogP contribution in [0.3, 0.4) is 0 Å². The normalized spacial score (nSPS) is 20.4. The number of likely N-dealkylation sites (N-methyl/N-ethyl adjacent to an activating group) is 1. The molecule has 4 rings (SSSR count). The molecule has 36 heavy (non-hydrogen) atoms. The molecule has 1 saturated carbocycles. The zero-order chi connectivity index (χ0) is 25.8. The van der Waals surface area contributed by atoms with E-state index < -0.39 is 11.9 Å². The zero-order valence-corrected chi connectivity index (χ0v) is 22.0. The summed E-state index contributed by atoms with van der Waals surface area (Å²) in [6.07, 6.45) is 6.77. The minimum atomic E-state index is -0.555. The number of hydrogen-bond acceptors (Lipinski definition) is 6. The summed E-state index contributed by atoms with van der Waals surface area (Å²) in [5.41, 5.74) is 0.681. The van der Waals surface area contributed by atoms with Gasteiger partial charge in [0.2, 0.25) is 17.6 Å². The Hall–Kier alpha value is -2.65. The molecule has 1 aliphatic heterocycles. The van der Waals surface area contributed by atoms with Crippen molar-refractivity contribution in [1.82, 2.24) is 20.1 Å². The number of thiazole rings is 1. The van der Waals surface area contributed by atoms with Gasteiger partial charge in [-0.1, -0.05) is 19.3 Å². The van der Waals surface area contributed by atoms with Crippen molar-refractivity contribution in [3.8, 4) is 0 Å². The smallest absolute Gasteiger partial charge is 0.246 e. The van der Waals surface area contributed by atoms with Crippen LogP contribution in [0.4, 0.5) is 4.39 Å². The Morgan fingerprint density at radius 3 is 2.44 bits per heavy atom. The van der Waals surface area contributed by atoms with Gasteiger partial charge in [-0.05, 0) is 76.9 Å². The molecule has 2 unspecified atom stereocenters. The lowest BCUT2D eigenvalue weighted by atomic mass is 9.83. The first kappa shape index (κ1) is 26.4. The summed E-state index contributed by atoms with van der Waals surface area (Å²) in [5.74, 6) is -0.729. The highest BCUT2D eigenvalue weighted by molar-refractivity contribution is 7.10. The summed E-state index contributed by atoms with van der Waals surface area (Å²) < 4.78 is 13.3. The number of hydrogen-bond donors (Lipinski definition) is 1. The topological polar surface area (TPSA) is 82.6 Å². The average Bonchev–Trinajstić information content (AvgIpc) is 3.56. The van der Waals surface area contributed by atoms with E-state index in [0.717, 1.165) is 50.0 Å². The molecule has 0 spiro atoms. The van der Waals surface area contributed by atoms with Crippen LogP contribution in [0.5, 0.6) is 0 Å². The minimum absolute atomic E-state index is 0.0506. The van der Waals surface area contributed by atoms with E-state index in [4.69, 9.17) is 0 Å². The van der Waals surface area contributed by atoms with Crippen molar-refractivity contribution in [2.45, 2.75) is 70.0 Å². The number of carbonyl (C=O) groups excluding carboxylic acids is 3. The van der Waals surface area contributed by atoms with E-state index in [-0.39, 0.29) is 35.6 Å². The Bertz CT molecular complexity index is 1080. The van der Waals surface area contributed by atoms with Crippen molar-refractivity contribution < 1.29 is 18.8 Å². The number of aromatic nitrogens is 1. The lowest BCUT2D eigenvalue weighted by Gasteiger charge is -2.35. The molecule has 1 saturated heterocycles. The highest BCUT2D eigenvalue weighted by Crippen LogP contribution is 2.36. The van der Waals surface area contributed by atoms with Crippen LogP contribution in [0.1, 0.15) is 79.0 Å². The fourth-order valence-corrected chi connectivity index (χ4v) is 6.06. The Kier molecular flexibility index (Phi) is 8.51. The maximum absolute atomic E-state index is 13.9. The molecule has 0 bridgehead atoms. The summed E-state index contributed by atoms with van der Waals surface area (Å²) in [4.78, 5) is 48.0. The fourth-order valence-electron chi connectivity index (χ4n) is 5.12. The molecule has 0 radical (unpaired) electrons. The second-order valence-electron chi connectivity index (χ2n) is 10.1. The Balaban J connectivity index is 1.53. The van der Waals surface area contributed by atoms with Crippen LogP contribution in [-0.2, 0) is 9.59 Å². The molecule has 194 valence electrons. The lowest BCUT2D eigenvalue weighted by Crippen LogP contribution is -2.55. The quantitative estimate of drug-likeness (QED) is 0.534. The number of ketones is 1. The molecule has 7 nitrogen and oxygen atoms in total. The van der Waals surface area contributed by atoms with Crippen molar-refractivity contribution >= 4 is 28.9 Å². The van der Waals surface area contributed by atoms with Crippen LogP contribution in [0, 0.1) is 11.7 Å².